The summed E-state index contributed by atoms with van der Waals surface area (Å²) < 4.78 is 27.1. The van der Waals surface area contributed by atoms with Crippen LogP contribution in [0.5, 0.6) is 0 Å². The monoisotopic (exact) mass is 563 g/mol. The van der Waals surface area contributed by atoms with Gasteiger partial charge in [-0.05, 0) is 56.5 Å². The molecular formula is C26H34BrN3O4S. The van der Waals surface area contributed by atoms with Crippen molar-refractivity contribution in [2.75, 3.05) is 17.1 Å². The Labute approximate surface area is 217 Å². The molecular weight excluding hydrogens is 530 g/mol. The second kappa shape index (κ2) is 12.0. The number of benzene rings is 2. The summed E-state index contributed by atoms with van der Waals surface area (Å²) in [5.41, 5.74) is 2.31. The molecule has 2 aromatic rings. The number of halogens is 1. The molecule has 1 fully saturated rings. The van der Waals surface area contributed by atoms with Crippen molar-refractivity contribution >= 4 is 43.5 Å². The summed E-state index contributed by atoms with van der Waals surface area (Å²) >= 11 is 3.35. The molecule has 1 atom stereocenters. The maximum absolute atomic E-state index is 13.6. The van der Waals surface area contributed by atoms with Gasteiger partial charge in [-0.1, -0.05) is 65.0 Å². The zero-order valence-corrected chi connectivity index (χ0v) is 22.9. The molecule has 3 rings (SSSR count). The van der Waals surface area contributed by atoms with Crippen LogP contribution in [0, 0.1) is 6.92 Å². The molecule has 1 aliphatic carbocycles. The van der Waals surface area contributed by atoms with Crippen molar-refractivity contribution in [3.05, 3.63) is 64.1 Å². The van der Waals surface area contributed by atoms with Gasteiger partial charge < -0.3 is 10.2 Å². The normalized spacial score (nSPS) is 15.3. The number of nitrogens with zero attached hydrogens (tertiary/aromatic N) is 2. The summed E-state index contributed by atoms with van der Waals surface area (Å²) in [4.78, 5) is 28.2. The number of anilines is 1. The van der Waals surface area contributed by atoms with Gasteiger partial charge in [0, 0.05) is 17.1 Å². The Morgan fingerprint density at radius 2 is 1.74 bits per heavy atom. The number of hydrogen-bond acceptors (Lipinski definition) is 4. The first-order chi connectivity index (χ1) is 16.5. The van der Waals surface area contributed by atoms with Gasteiger partial charge in [0.1, 0.15) is 12.6 Å². The van der Waals surface area contributed by atoms with Crippen LogP contribution in [0.3, 0.4) is 0 Å². The minimum atomic E-state index is -3.74. The van der Waals surface area contributed by atoms with Crippen LogP contribution in [-0.4, -0.2) is 50.0 Å². The fourth-order valence-corrected chi connectivity index (χ4v) is 5.49. The summed E-state index contributed by atoms with van der Waals surface area (Å²) in [5, 5.41) is 3.10. The molecule has 1 N–H and O–H groups in total. The van der Waals surface area contributed by atoms with Crippen molar-refractivity contribution in [1.82, 2.24) is 10.2 Å². The van der Waals surface area contributed by atoms with E-state index in [0.717, 1.165) is 51.8 Å². The van der Waals surface area contributed by atoms with Crippen molar-refractivity contribution < 1.29 is 18.0 Å². The van der Waals surface area contributed by atoms with Crippen LogP contribution in [0.1, 0.15) is 50.2 Å². The van der Waals surface area contributed by atoms with E-state index < -0.39 is 28.5 Å². The van der Waals surface area contributed by atoms with Crippen LogP contribution in [0.15, 0.2) is 53.0 Å². The van der Waals surface area contributed by atoms with E-state index in [0.29, 0.717) is 5.69 Å². The van der Waals surface area contributed by atoms with Crippen LogP contribution in [0.4, 0.5) is 5.69 Å². The summed E-state index contributed by atoms with van der Waals surface area (Å²) in [5.74, 6) is -0.654. The average molecular weight is 565 g/mol. The van der Waals surface area contributed by atoms with Crippen LogP contribution in [0.25, 0.3) is 0 Å². The van der Waals surface area contributed by atoms with E-state index in [1.165, 1.54) is 11.3 Å². The number of sulfonamides is 1. The van der Waals surface area contributed by atoms with Crippen LogP contribution >= 0.6 is 15.9 Å². The zero-order chi connectivity index (χ0) is 25.6. The maximum atomic E-state index is 13.6. The highest BCUT2D eigenvalue weighted by Crippen LogP contribution is 2.22. The second-order valence-corrected chi connectivity index (χ2v) is 12.1. The molecule has 2 amide bonds. The molecule has 1 aliphatic rings. The third-order valence-corrected chi connectivity index (χ3v) is 8.02. The van der Waals surface area contributed by atoms with E-state index in [4.69, 9.17) is 0 Å². The standard InChI is InChI=1S/C26H34BrN3O4S/c1-19-8-7-9-21(16-19)17-29(20(2)26(32)28-23-10-5-4-6-11-23)25(31)18-30(35(3,33)34)24-14-12-22(27)13-15-24/h7-9,12-16,20,23H,4-6,10-11,17-18H2,1-3H3,(H,28,32)/t20-/m0/s1. The lowest BCUT2D eigenvalue weighted by molar-refractivity contribution is -0.139. The van der Waals surface area contributed by atoms with Crippen molar-refractivity contribution in [3.63, 3.8) is 0 Å². The Hall–Kier alpha value is -2.39. The van der Waals surface area contributed by atoms with E-state index >= 15 is 0 Å². The molecule has 0 aromatic heterocycles. The molecule has 0 radical (unpaired) electrons. The maximum Gasteiger partial charge on any atom is 0.244 e. The first-order valence-corrected chi connectivity index (χ1v) is 14.6. The first kappa shape index (κ1) is 27.2. The van der Waals surface area contributed by atoms with E-state index in [2.05, 4.69) is 21.2 Å². The van der Waals surface area contributed by atoms with Gasteiger partial charge in [-0.3, -0.25) is 13.9 Å². The summed E-state index contributed by atoms with van der Waals surface area (Å²) in [6.45, 7) is 3.48. The number of rotatable bonds is 9. The average Bonchev–Trinajstić information content (AvgIpc) is 2.81. The minimum absolute atomic E-state index is 0.116. The summed E-state index contributed by atoms with van der Waals surface area (Å²) in [6, 6.07) is 13.8. The molecule has 9 heteroatoms. The number of hydrogen-bond donors (Lipinski definition) is 1. The molecule has 190 valence electrons. The minimum Gasteiger partial charge on any atom is -0.352 e. The highest BCUT2D eigenvalue weighted by atomic mass is 79.9. The number of carbonyl (C=O) groups excluding carboxylic acids is 2. The third-order valence-electron chi connectivity index (χ3n) is 6.35. The largest absolute Gasteiger partial charge is 0.352 e. The molecule has 2 aromatic carbocycles. The molecule has 0 unspecified atom stereocenters. The Kier molecular flexibility index (Phi) is 9.35. The van der Waals surface area contributed by atoms with Gasteiger partial charge in [0.25, 0.3) is 0 Å². The SMILES string of the molecule is Cc1cccc(CN(C(=O)CN(c2ccc(Br)cc2)S(C)(=O)=O)[C@@H](C)C(=O)NC2CCCCC2)c1. The van der Waals surface area contributed by atoms with E-state index in [1.807, 2.05) is 31.2 Å². The van der Waals surface area contributed by atoms with Crippen molar-refractivity contribution in [3.8, 4) is 0 Å². The summed E-state index contributed by atoms with van der Waals surface area (Å²) in [7, 11) is -3.74. The first-order valence-electron chi connectivity index (χ1n) is 11.9. The van der Waals surface area contributed by atoms with Gasteiger partial charge in [-0.2, -0.15) is 0 Å². The van der Waals surface area contributed by atoms with Crippen LogP contribution < -0.4 is 9.62 Å². The number of amides is 2. The topological polar surface area (TPSA) is 86.8 Å². The van der Waals surface area contributed by atoms with Gasteiger partial charge in [0.05, 0.1) is 11.9 Å². The van der Waals surface area contributed by atoms with Crippen molar-refractivity contribution in [2.45, 2.75) is 64.6 Å². The van der Waals surface area contributed by atoms with Gasteiger partial charge in [0.15, 0.2) is 0 Å². The smallest absolute Gasteiger partial charge is 0.244 e. The fraction of sp³-hybridized carbons (Fsp3) is 0.462. The third kappa shape index (κ3) is 7.80. The van der Waals surface area contributed by atoms with Crippen molar-refractivity contribution in [2.24, 2.45) is 0 Å². The zero-order valence-electron chi connectivity index (χ0n) is 20.5. The molecule has 1 saturated carbocycles. The van der Waals surface area contributed by atoms with Crippen LogP contribution in [-0.2, 0) is 26.2 Å². The molecule has 0 heterocycles. The predicted molar refractivity (Wildman–Crippen MR) is 143 cm³/mol. The number of carbonyl (C=O) groups is 2. The highest BCUT2D eigenvalue weighted by molar-refractivity contribution is 9.10. The quantitative estimate of drug-likeness (QED) is 0.490. The highest BCUT2D eigenvalue weighted by Gasteiger charge is 2.31. The molecule has 7 nitrogen and oxygen atoms in total. The van der Waals surface area contributed by atoms with Crippen molar-refractivity contribution in [1.29, 1.82) is 0 Å². The molecule has 0 bridgehead atoms. The lowest BCUT2D eigenvalue weighted by Gasteiger charge is -2.33. The molecule has 0 saturated heterocycles. The van der Waals surface area contributed by atoms with Gasteiger partial charge in [0.2, 0.25) is 21.8 Å². The number of nitrogens with one attached hydrogen (secondary N) is 1. The Bertz CT molecular complexity index is 1130. The Balaban J connectivity index is 1.86. The summed E-state index contributed by atoms with van der Waals surface area (Å²) in [6.07, 6.45) is 6.30. The van der Waals surface area contributed by atoms with Crippen LogP contribution in [0.2, 0.25) is 0 Å². The molecule has 0 spiro atoms. The Morgan fingerprint density at radius 1 is 1.09 bits per heavy atom. The Morgan fingerprint density at radius 3 is 2.34 bits per heavy atom. The van der Waals surface area contributed by atoms with E-state index in [1.54, 1.807) is 31.2 Å². The van der Waals surface area contributed by atoms with Gasteiger partial charge in [-0.25, -0.2) is 8.42 Å². The van der Waals surface area contributed by atoms with Gasteiger partial charge in [-0.15, -0.1) is 0 Å². The second-order valence-electron chi connectivity index (χ2n) is 9.28. The lowest BCUT2D eigenvalue weighted by atomic mass is 9.95. The van der Waals surface area contributed by atoms with Gasteiger partial charge >= 0.3 is 0 Å². The fourth-order valence-electron chi connectivity index (χ4n) is 4.38. The van der Waals surface area contributed by atoms with E-state index in [-0.39, 0.29) is 18.5 Å². The molecule has 0 aliphatic heterocycles. The number of aryl methyl sites for hydroxylation is 1. The lowest BCUT2D eigenvalue weighted by Crippen LogP contribution is -2.52. The molecule has 35 heavy (non-hydrogen) atoms. The predicted octanol–water partition coefficient (Wildman–Crippen LogP) is 4.39. The van der Waals surface area contributed by atoms with E-state index in [9.17, 15) is 18.0 Å².